The van der Waals surface area contributed by atoms with E-state index in [1.54, 1.807) is 18.3 Å². The number of amides is 1. The van der Waals surface area contributed by atoms with Gasteiger partial charge in [0.25, 0.3) is 17.9 Å². The van der Waals surface area contributed by atoms with Gasteiger partial charge in [-0.15, -0.1) is 0 Å². The Bertz CT molecular complexity index is 1140. The minimum Gasteiger partial charge on any atom is -0.379 e. The predicted molar refractivity (Wildman–Crippen MR) is 107 cm³/mol. The summed E-state index contributed by atoms with van der Waals surface area (Å²) in [5, 5.41) is 7.14. The van der Waals surface area contributed by atoms with Crippen LogP contribution >= 0.6 is 0 Å². The van der Waals surface area contributed by atoms with Crippen molar-refractivity contribution in [3.63, 3.8) is 0 Å². The predicted octanol–water partition coefficient (Wildman–Crippen LogP) is 2.39. The van der Waals surface area contributed by atoms with Crippen LogP contribution in [-0.2, 0) is 4.74 Å². The van der Waals surface area contributed by atoms with E-state index in [0.717, 1.165) is 4.68 Å². The van der Waals surface area contributed by atoms with Crippen LogP contribution in [-0.4, -0.2) is 44.9 Å². The summed E-state index contributed by atoms with van der Waals surface area (Å²) in [6.07, 6.45) is 1.50. The minimum absolute atomic E-state index is 0.108. The van der Waals surface area contributed by atoms with Crippen molar-refractivity contribution in [3.05, 3.63) is 70.5 Å². The number of halogens is 2. The molecule has 0 aliphatic carbocycles. The number of hydrogen-bond acceptors (Lipinski definition) is 6. The third-order valence-corrected chi connectivity index (χ3v) is 5.03. The summed E-state index contributed by atoms with van der Waals surface area (Å²) in [7, 11) is 0. The van der Waals surface area contributed by atoms with E-state index in [2.05, 4.69) is 20.4 Å². The number of nitrogens with zero attached hydrogens (tertiary/aromatic N) is 4. The summed E-state index contributed by atoms with van der Waals surface area (Å²) in [5.41, 5.74) is -0.161. The second-order valence-electron chi connectivity index (χ2n) is 7.24. The molecule has 0 aromatic carbocycles. The lowest BCUT2D eigenvalue weighted by atomic mass is 10.1. The zero-order valence-electron chi connectivity index (χ0n) is 16.5. The number of carbonyl (C=O) groups excluding carboxylic acids is 1. The highest BCUT2D eigenvalue weighted by molar-refractivity contribution is 5.95. The van der Waals surface area contributed by atoms with E-state index in [1.807, 2.05) is 6.92 Å². The summed E-state index contributed by atoms with van der Waals surface area (Å²) in [4.78, 5) is 33.7. The molecule has 8 nitrogen and oxygen atoms in total. The van der Waals surface area contributed by atoms with E-state index in [4.69, 9.17) is 4.74 Å². The van der Waals surface area contributed by atoms with E-state index in [-0.39, 0.29) is 28.9 Å². The number of pyridine rings is 2. The highest BCUT2D eigenvalue weighted by Gasteiger charge is 2.28. The highest BCUT2D eigenvalue weighted by atomic mass is 19.3. The normalized spacial score (nSPS) is 18.3. The van der Waals surface area contributed by atoms with Gasteiger partial charge in [-0.25, -0.2) is 8.78 Å². The molecular formula is C21H19F2N5O3. The molecule has 0 saturated carbocycles. The molecule has 0 radical (unpaired) electrons. The maximum atomic E-state index is 13.1. The third-order valence-electron chi connectivity index (χ3n) is 5.03. The van der Waals surface area contributed by atoms with E-state index >= 15 is 0 Å². The van der Waals surface area contributed by atoms with Crippen molar-refractivity contribution in [2.45, 2.75) is 19.4 Å². The van der Waals surface area contributed by atoms with Gasteiger partial charge in [-0.1, -0.05) is 6.92 Å². The number of aromatic nitrogens is 4. The first-order valence-electron chi connectivity index (χ1n) is 9.62. The molecule has 4 rings (SSSR count). The lowest BCUT2D eigenvalue weighted by Crippen LogP contribution is -2.42. The molecule has 160 valence electrons. The smallest absolute Gasteiger partial charge is 0.284 e. The van der Waals surface area contributed by atoms with Gasteiger partial charge in [-0.2, -0.15) is 9.78 Å². The molecule has 2 atom stereocenters. The quantitative estimate of drug-likeness (QED) is 0.671. The second-order valence-corrected chi connectivity index (χ2v) is 7.24. The van der Waals surface area contributed by atoms with Gasteiger partial charge < -0.3 is 10.1 Å². The van der Waals surface area contributed by atoms with Crippen LogP contribution in [0, 0.1) is 5.92 Å². The van der Waals surface area contributed by atoms with Crippen molar-refractivity contribution in [1.29, 1.82) is 0 Å². The fourth-order valence-corrected chi connectivity index (χ4v) is 3.23. The molecule has 1 saturated heterocycles. The lowest BCUT2D eigenvalue weighted by molar-refractivity contribution is 0.0924. The van der Waals surface area contributed by atoms with E-state index < -0.39 is 17.9 Å². The van der Waals surface area contributed by atoms with Crippen LogP contribution in [0.5, 0.6) is 0 Å². The first-order chi connectivity index (χ1) is 14.9. The van der Waals surface area contributed by atoms with Crippen molar-refractivity contribution in [1.82, 2.24) is 25.1 Å². The average molecular weight is 427 g/mol. The molecule has 3 aromatic heterocycles. The van der Waals surface area contributed by atoms with Crippen LogP contribution in [0.15, 0.2) is 53.7 Å². The molecule has 0 spiro atoms. The van der Waals surface area contributed by atoms with Gasteiger partial charge in [0, 0.05) is 23.9 Å². The van der Waals surface area contributed by atoms with Crippen LogP contribution in [0.4, 0.5) is 8.78 Å². The van der Waals surface area contributed by atoms with Crippen molar-refractivity contribution >= 4 is 5.91 Å². The summed E-state index contributed by atoms with van der Waals surface area (Å²) in [5.74, 6) is -0.456. The first-order valence-corrected chi connectivity index (χ1v) is 9.62. The Morgan fingerprint density at radius 1 is 1.26 bits per heavy atom. The summed E-state index contributed by atoms with van der Waals surface area (Å²) < 4.78 is 32.1. The average Bonchev–Trinajstić information content (AvgIpc) is 3.18. The second kappa shape index (κ2) is 8.68. The standard InChI is InChI=1S/C21H19F2N5O3/c1-12-10-31-11-18(12)26-20(29)15-7-17(13-4-5-16(19(22)23)25-8-13)27-28(21(15)30)14-3-2-6-24-9-14/h2-9,12,18-19H,10-11H2,1H3,(H,26,29)/t12-,18+/m0/s1. The zero-order chi connectivity index (χ0) is 22.0. The van der Waals surface area contributed by atoms with Crippen molar-refractivity contribution in [2.24, 2.45) is 5.92 Å². The molecule has 31 heavy (non-hydrogen) atoms. The maximum Gasteiger partial charge on any atom is 0.284 e. The van der Waals surface area contributed by atoms with Gasteiger partial charge in [0.15, 0.2) is 0 Å². The van der Waals surface area contributed by atoms with Crippen LogP contribution in [0.3, 0.4) is 0 Å². The van der Waals surface area contributed by atoms with E-state index in [1.165, 1.54) is 30.6 Å². The first kappa shape index (κ1) is 20.7. The molecule has 1 aliphatic rings. The molecule has 4 heterocycles. The number of nitrogens with one attached hydrogen (secondary N) is 1. The van der Waals surface area contributed by atoms with E-state index in [0.29, 0.717) is 24.5 Å². The number of hydrogen-bond donors (Lipinski definition) is 1. The maximum absolute atomic E-state index is 13.1. The Labute approximate surface area is 175 Å². The van der Waals surface area contributed by atoms with Crippen molar-refractivity contribution in [3.8, 4) is 16.9 Å². The van der Waals surface area contributed by atoms with Gasteiger partial charge in [0.1, 0.15) is 11.3 Å². The summed E-state index contributed by atoms with van der Waals surface area (Å²) >= 11 is 0. The Balaban J connectivity index is 1.79. The Hall–Kier alpha value is -3.53. The minimum atomic E-state index is -2.71. The van der Waals surface area contributed by atoms with Gasteiger partial charge in [-0.3, -0.25) is 19.6 Å². The van der Waals surface area contributed by atoms with Gasteiger partial charge in [0.2, 0.25) is 0 Å². The molecule has 0 bridgehead atoms. The molecule has 0 unspecified atom stereocenters. The van der Waals surface area contributed by atoms with Crippen LogP contribution < -0.4 is 10.9 Å². The lowest BCUT2D eigenvalue weighted by Gasteiger charge is -2.16. The Morgan fingerprint density at radius 2 is 2.10 bits per heavy atom. The van der Waals surface area contributed by atoms with E-state index in [9.17, 15) is 18.4 Å². The SMILES string of the molecule is C[C@H]1COC[C@H]1NC(=O)c1cc(-c2ccc(C(F)F)nc2)nn(-c2cccnc2)c1=O. The van der Waals surface area contributed by atoms with Crippen LogP contribution in [0.1, 0.15) is 29.4 Å². The number of ether oxygens (including phenoxy) is 1. The molecule has 1 N–H and O–H groups in total. The van der Waals surface area contributed by atoms with Gasteiger partial charge >= 0.3 is 0 Å². The fraction of sp³-hybridized carbons (Fsp3) is 0.286. The van der Waals surface area contributed by atoms with Crippen molar-refractivity contribution < 1.29 is 18.3 Å². The summed E-state index contributed by atoms with van der Waals surface area (Å²) in [6, 6.07) is 6.97. The third kappa shape index (κ3) is 4.33. The largest absolute Gasteiger partial charge is 0.379 e. The molecular weight excluding hydrogens is 408 g/mol. The Kier molecular flexibility index (Phi) is 5.81. The Morgan fingerprint density at radius 3 is 2.71 bits per heavy atom. The topological polar surface area (TPSA) is 99.0 Å². The fourth-order valence-electron chi connectivity index (χ4n) is 3.23. The van der Waals surface area contributed by atoms with Crippen LogP contribution in [0.2, 0.25) is 0 Å². The summed E-state index contributed by atoms with van der Waals surface area (Å²) in [6.45, 7) is 2.83. The monoisotopic (exact) mass is 427 g/mol. The van der Waals surface area contributed by atoms with Crippen molar-refractivity contribution in [2.75, 3.05) is 13.2 Å². The highest BCUT2D eigenvalue weighted by Crippen LogP contribution is 2.21. The van der Waals surface area contributed by atoms with Gasteiger partial charge in [-0.05, 0) is 30.3 Å². The molecule has 3 aromatic rings. The molecule has 1 fully saturated rings. The molecule has 1 aliphatic heterocycles. The molecule has 10 heteroatoms. The van der Waals surface area contributed by atoms with Crippen LogP contribution in [0.25, 0.3) is 16.9 Å². The number of alkyl halides is 2. The number of carbonyl (C=O) groups is 1. The molecule has 1 amide bonds. The number of rotatable bonds is 5. The zero-order valence-corrected chi connectivity index (χ0v) is 16.5. The van der Waals surface area contributed by atoms with Gasteiger partial charge in [0.05, 0.1) is 36.8 Å².